The van der Waals surface area contributed by atoms with Crippen molar-refractivity contribution in [2.24, 2.45) is 10.9 Å². The lowest BCUT2D eigenvalue weighted by Gasteiger charge is -2.22. The van der Waals surface area contributed by atoms with Gasteiger partial charge in [0, 0.05) is 26.4 Å². The van der Waals surface area contributed by atoms with Crippen molar-refractivity contribution in [2.75, 3.05) is 19.8 Å². The molecule has 1 aromatic carbocycles. The number of hydrogen-bond acceptors (Lipinski definition) is 3. The number of sulfone groups is 1. The van der Waals surface area contributed by atoms with Crippen LogP contribution in [0.4, 0.5) is 0 Å². The third kappa shape index (κ3) is 7.42. The zero-order valence-electron chi connectivity index (χ0n) is 16.0. The monoisotopic (exact) mass is 493 g/mol. The molecule has 0 atom stereocenters. The summed E-state index contributed by atoms with van der Waals surface area (Å²) in [7, 11) is -1.39. The predicted octanol–water partition coefficient (Wildman–Crippen LogP) is 3.65. The highest BCUT2D eigenvalue weighted by molar-refractivity contribution is 14.0. The van der Waals surface area contributed by atoms with Gasteiger partial charge in [0.1, 0.15) is 0 Å². The molecule has 0 aromatic heterocycles. The first-order chi connectivity index (χ1) is 11.9. The van der Waals surface area contributed by atoms with Gasteiger partial charge in [-0.2, -0.15) is 0 Å². The Kier molecular flexibility index (Phi) is 9.92. The van der Waals surface area contributed by atoms with E-state index in [1.165, 1.54) is 44.8 Å². The highest BCUT2D eigenvalue weighted by atomic mass is 127. The van der Waals surface area contributed by atoms with E-state index in [1.807, 2.05) is 19.1 Å². The summed E-state index contributed by atoms with van der Waals surface area (Å²) in [5, 5.41) is 6.68. The molecule has 148 valence electrons. The van der Waals surface area contributed by atoms with Crippen molar-refractivity contribution in [1.29, 1.82) is 0 Å². The average Bonchev–Trinajstić information content (AvgIpc) is 2.57. The van der Waals surface area contributed by atoms with Crippen LogP contribution in [-0.2, 0) is 16.4 Å². The van der Waals surface area contributed by atoms with Gasteiger partial charge in [0.25, 0.3) is 0 Å². The first kappa shape index (κ1) is 23.2. The maximum Gasteiger partial charge on any atom is 0.191 e. The molecule has 1 aliphatic carbocycles. The maximum atomic E-state index is 11.7. The number of nitrogens with zero attached hydrogens (tertiary/aromatic N) is 1. The molecule has 0 bridgehead atoms. The van der Waals surface area contributed by atoms with E-state index in [4.69, 9.17) is 0 Å². The highest BCUT2D eigenvalue weighted by Gasteiger charge is 2.13. The molecular weight excluding hydrogens is 461 g/mol. The van der Waals surface area contributed by atoms with Crippen LogP contribution < -0.4 is 10.6 Å². The van der Waals surface area contributed by atoms with Crippen LogP contribution in [0.2, 0.25) is 0 Å². The Balaban J connectivity index is 0.00000338. The first-order valence-corrected chi connectivity index (χ1v) is 11.0. The number of nitrogens with one attached hydrogen (secondary N) is 2. The lowest BCUT2D eigenvalue weighted by Crippen LogP contribution is -2.37. The van der Waals surface area contributed by atoms with Gasteiger partial charge in [0.15, 0.2) is 15.8 Å². The number of aryl methyl sites for hydroxylation is 1. The van der Waals surface area contributed by atoms with Crippen LogP contribution in [-0.4, -0.2) is 34.2 Å². The Morgan fingerprint density at radius 2 is 1.88 bits per heavy atom. The molecule has 0 aliphatic heterocycles. The number of aliphatic imine (C=N–C) groups is 1. The van der Waals surface area contributed by atoms with E-state index in [-0.39, 0.29) is 24.0 Å². The summed E-state index contributed by atoms with van der Waals surface area (Å²) in [6.45, 7) is 3.39. The molecule has 2 N–H and O–H groups in total. The number of halogens is 1. The van der Waals surface area contributed by atoms with Crippen LogP contribution in [0.3, 0.4) is 0 Å². The Labute approximate surface area is 175 Å². The van der Waals surface area contributed by atoms with Gasteiger partial charge in [-0.25, -0.2) is 8.42 Å². The molecule has 26 heavy (non-hydrogen) atoms. The van der Waals surface area contributed by atoms with Gasteiger partial charge in [0.2, 0.25) is 0 Å². The Hall–Kier alpha value is -0.830. The number of benzene rings is 1. The van der Waals surface area contributed by atoms with Gasteiger partial charge in [-0.15, -0.1) is 24.0 Å². The lowest BCUT2D eigenvalue weighted by molar-refractivity contribution is 0.339. The minimum Gasteiger partial charge on any atom is -0.356 e. The van der Waals surface area contributed by atoms with E-state index in [2.05, 4.69) is 15.6 Å². The quantitative estimate of drug-likeness (QED) is 0.361. The van der Waals surface area contributed by atoms with E-state index in [1.54, 1.807) is 13.1 Å². The standard InChI is InChI=1S/C19H31N3O2S.HI/c1-15-13-17(9-10-18(15)25(3,23)24)14-22-19(20-2)21-12-11-16-7-5-4-6-8-16;/h9-10,13,16H,4-8,11-12,14H2,1-3H3,(H2,20,21,22);1H. The molecule has 0 unspecified atom stereocenters. The van der Waals surface area contributed by atoms with Crippen molar-refractivity contribution in [3.05, 3.63) is 29.3 Å². The molecular formula is C19H32IN3O2S. The van der Waals surface area contributed by atoms with Crippen LogP contribution in [0.25, 0.3) is 0 Å². The average molecular weight is 493 g/mol. The Bertz CT molecular complexity index is 699. The molecule has 0 spiro atoms. The van der Waals surface area contributed by atoms with Crippen LogP contribution >= 0.6 is 24.0 Å². The van der Waals surface area contributed by atoms with Gasteiger partial charge in [-0.3, -0.25) is 4.99 Å². The summed E-state index contributed by atoms with van der Waals surface area (Å²) in [6.07, 6.45) is 9.30. The second kappa shape index (κ2) is 11.1. The summed E-state index contributed by atoms with van der Waals surface area (Å²) in [4.78, 5) is 4.66. The van der Waals surface area contributed by atoms with E-state index >= 15 is 0 Å². The van der Waals surface area contributed by atoms with Crippen molar-refractivity contribution in [3.63, 3.8) is 0 Å². The van der Waals surface area contributed by atoms with Crippen molar-refractivity contribution in [3.8, 4) is 0 Å². The second-order valence-electron chi connectivity index (χ2n) is 7.02. The van der Waals surface area contributed by atoms with Gasteiger partial charge < -0.3 is 10.6 Å². The largest absolute Gasteiger partial charge is 0.356 e. The molecule has 1 fully saturated rings. The fourth-order valence-corrected chi connectivity index (χ4v) is 4.47. The summed E-state index contributed by atoms with van der Waals surface area (Å²) < 4.78 is 23.4. The van der Waals surface area contributed by atoms with E-state index < -0.39 is 9.84 Å². The first-order valence-electron chi connectivity index (χ1n) is 9.14. The normalized spacial score (nSPS) is 16.0. The summed E-state index contributed by atoms with van der Waals surface area (Å²) >= 11 is 0. The molecule has 0 radical (unpaired) electrons. The van der Waals surface area contributed by atoms with Crippen LogP contribution in [0.15, 0.2) is 28.1 Å². The van der Waals surface area contributed by atoms with Crippen molar-refractivity contribution >= 4 is 39.8 Å². The predicted molar refractivity (Wildman–Crippen MR) is 119 cm³/mol. The minimum atomic E-state index is -3.17. The maximum absolute atomic E-state index is 11.7. The molecule has 1 aromatic rings. The van der Waals surface area contributed by atoms with Gasteiger partial charge >= 0.3 is 0 Å². The van der Waals surface area contributed by atoms with E-state index in [0.717, 1.165) is 29.5 Å². The van der Waals surface area contributed by atoms with Crippen LogP contribution in [0.5, 0.6) is 0 Å². The lowest BCUT2D eigenvalue weighted by atomic mass is 9.87. The number of rotatable bonds is 6. The molecule has 7 heteroatoms. The zero-order valence-corrected chi connectivity index (χ0v) is 19.2. The highest BCUT2D eigenvalue weighted by Crippen LogP contribution is 2.25. The van der Waals surface area contributed by atoms with Crippen molar-refractivity contribution in [1.82, 2.24) is 10.6 Å². The zero-order chi connectivity index (χ0) is 18.3. The molecule has 1 saturated carbocycles. The Morgan fingerprint density at radius 3 is 2.46 bits per heavy atom. The smallest absolute Gasteiger partial charge is 0.191 e. The fourth-order valence-electron chi connectivity index (χ4n) is 3.51. The summed E-state index contributed by atoms with van der Waals surface area (Å²) in [5.41, 5.74) is 1.82. The third-order valence-corrected chi connectivity index (χ3v) is 6.15. The molecule has 2 rings (SSSR count). The second-order valence-corrected chi connectivity index (χ2v) is 9.00. The number of guanidine groups is 1. The van der Waals surface area contributed by atoms with Crippen molar-refractivity contribution < 1.29 is 8.42 Å². The summed E-state index contributed by atoms with van der Waals surface area (Å²) in [6, 6.07) is 5.45. The van der Waals surface area contributed by atoms with Gasteiger partial charge in [0.05, 0.1) is 4.90 Å². The molecule has 0 amide bonds. The minimum absolute atomic E-state index is 0. The topological polar surface area (TPSA) is 70.6 Å². The third-order valence-electron chi connectivity index (χ3n) is 4.89. The summed E-state index contributed by atoms with van der Waals surface area (Å²) in [5.74, 6) is 1.64. The van der Waals surface area contributed by atoms with Crippen molar-refractivity contribution in [2.45, 2.75) is 56.9 Å². The SMILES string of the molecule is CN=C(NCCC1CCCCC1)NCc1ccc(S(C)(=O)=O)c(C)c1.I. The van der Waals surface area contributed by atoms with Gasteiger partial charge in [-0.1, -0.05) is 44.2 Å². The molecule has 1 aliphatic rings. The van der Waals surface area contributed by atoms with Crippen LogP contribution in [0.1, 0.15) is 49.7 Å². The van der Waals surface area contributed by atoms with Gasteiger partial charge in [-0.05, 0) is 36.5 Å². The molecule has 5 nitrogen and oxygen atoms in total. The van der Waals surface area contributed by atoms with Crippen LogP contribution in [0, 0.1) is 12.8 Å². The molecule has 0 saturated heterocycles. The fraction of sp³-hybridized carbons (Fsp3) is 0.632. The number of hydrogen-bond donors (Lipinski definition) is 2. The van der Waals surface area contributed by atoms with E-state index in [0.29, 0.717) is 11.4 Å². The Morgan fingerprint density at radius 1 is 1.19 bits per heavy atom. The van der Waals surface area contributed by atoms with E-state index in [9.17, 15) is 8.42 Å². The molecule has 0 heterocycles.